The summed E-state index contributed by atoms with van der Waals surface area (Å²) in [6, 6.07) is 0.352. The van der Waals surface area contributed by atoms with Crippen molar-refractivity contribution in [3.05, 3.63) is 17.0 Å². The molecule has 3 rings (SSSR count). The highest BCUT2D eigenvalue weighted by Crippen LogP contribution is 2.23. The van der Waals surface area contributed by atoms with Gasteiger partial charge in [0.05, 0.1) is 5.69 Å². The van der Waals surface area contributed by atoms with Crippen LogP contribution in [-0.4, -0.2) is 75.7 Å². The molecular formula is C23H41N5O. The van der Waals surface area contributed by atoms with E-state index >= 15 is 0 Å². The molecule has 2 aliphatic heterocycles. The van der Waals surface area contributed by atoms with Crippen molar-refractivity contribution in [3.63, 3.8) is 0 Å². The summed E-state index contributed by atoms with van der Waals surface area (Å²) in [7, 11) is 0. The summed E-state index contributed by atoms with van der Waals surface area (Å²) < 4.78 is 2.10. The summed E-state index contributed by atoms with van der Waals surface area (Å²) in [5.41, 5.74) is 3.80. The van der Waals surface area contributed by atoms with Gasteiger partial charge in [-0.25, -0.2) is 0 Å². The van der Waals surface area contributed by atoms with Crippen LogP contribution in [0.1, 0.15) is 63.4 Å². The van der Waals surface area contributed by atoms with E-state index in [1.807, 2.05) is 13.8 Å². The van der Waals surface area contributed by atoms with E-state index in [-0.39, 0.29) is 5.92 Å². The quantitative estimate of drug-likeness (QED) is 0.636. The van der Waals surface area contributed by atoms with Gasteiger partial charge >= 0.3 is 0 Å². The van der Waals surface area contributed by atoms with Crippen LogP contribution in [0, 0.1) is 19.8 Å². The van der Waals surface area contributed by atoms with Crippen LogP contribution in [-0.2, 0) is 17.9 Å². The van der Waals surface area contributed by atoms with Gasteiger partial charge in [-0.1, -0.05) is 13.8 Å². The van der Waals surface area contributed by atoms with E-state index in [4.69, 9.17) is 0 Å². The normalized spacial score (nSPS) is 20.8. The zero-order valence-corrected chi connectivity index (χ0v) is 19.3. The number of likely N-dealkylation sites (tertiary alicyclic amines) is 2. The van der Waals surface area contributed by atoms with Crippen molar-refractivity contribution < 1.29 is 4.79 Å². The minimum atomic E-state index is 0.0723. The third kappa shape index (κ3) is 5.40. The van der Waals surface area contributed by atoms with E-state index < -0.39 is 0 Å². The average Bonchev–Trinajstić information content (AvgIpc) is 3.42. The maximum atomic E-state index is 13.0. The first-order valence-electron chi connectivity index (χ1n) is 11.7. The van der Waals surface area contributed by atoms with Crippen molar-refractivity contribution in [2.75, 3.05) is 39.3 Å². The van der Waals surface area contributed by atoms with E-state index in [0.29, 0.717) is 11.9 Å². The number of carbonyl (C=O) groups excluding carboxylic acids is 1. The van der Waals surface area contributed by atoms with Gasteiger partial charge in [-0.3, -0.25) is 14.4 Å². The Balaban J connectivity index is 1.59. The van der Waals surface area contributed by atoms with Crippen LogP contribution < -0.4 is 0 Å². The highest BCUT2D eigenvalue weighted by molar-refractivity contribution is 5.78. The fourth-order valence-corrected chi connectivity index (χ4v) is 4.98. The molecule has 1 aromatic rings. The molecule has 2 aliphatic rings. The van der Waals surface area contributed by atoms with Gasteiger partial charge in [0, 0.05) is 55.9 Å². The highest BCUT2D eigenvalue weighted by Gasteiger charge is 2.32. The van der Waals surface area contributed by atoms with E-state index in [0.717, 1.165) is 57.8 Å². The third-order valence-corrected chi connectivity index (χ3v) is 6.75. The van der Waals surface area contributed by atoms with Gasteiger partial charge in [-0.05, 0) is 66.1 Å². The Bertz CT molecular complexity index is 677. The van der Waals surface area contributed by atoms with Gasteiger partial charge in [0.1, 0.15) is 0 Å². The van der Waals surface area contributed by atoms with Crippen molar-refractivity contribution in [2.24, 2.45) is 5.92 Å². The number of nitrogens with zero attached hydrogens (tertiary/aromatic N) is 5. The molecule has 1 aromatic heterocycles. The molecule has 0 radical (unpaired) electrons. The summed E-state index contributed by atoms with van der Waals surface area (Å²) in [6.07, 6.45) is 4.85. The van der Waals surface area contributed by atoms with E-state index in [2.05, 4.69) is 45.3 Å². The second kappa shape index (κ2) is 10.1. The van der Waals surface area contributed by atoms with E-state index in [1.165, 1.54) is 37.2 Å². The first-order valence-corrected chi connectivity index (χ1v) is 11.7. The molecule has 1 atom stereocenters. The molecule has 1 unspecified atom stereocenters. The number of aryl methyl sites for hydroxylation is 2. The monoisotopic (exact) mass is 403 g/mol. The Hall–Kier alpha value is -1.40. The fourth-order valence-electron chi connectivity index (χ4n) is 4.98. The lowest BCUT2D eigenvalue weighted by atomic mass is 10.1. The molecule has 0 N–H and O–H groups in total. The lowest BCUT2D eigenvalue weighted by Crippen LogP contribution is -2.45. The maximum absolute atomic E-state index is 13.0. The lowest BCUT2D eigenvalue weighted by Gasteiger charge is -2.31. The number of amides is 1. The molecular weight excluding hydrogens is 362 g/mol. The molecule has 2 saturated heterocycles. The van der Waals surface area contributed by atoms with Crippen LogP contribution in [0.4, 0.5) is 0 Å². The minimum absolute atomic E-state index is 0.0723. The van der Waals surface area contributed by atoms with Crippen molar-refractivity contribution in [3.8, 4) is 0 Å². The minimum Gasteiger partial charge on any atom is -0.338 e. The molecule has 29 heavy (non-hydrogen) atoms. The van der Waals surface area contributed by atoms with Crippen molar-refractivity contribution in [2.45, 2.75) is 79.4 Å². The summed E-state index contributed by atoms with van der Waals surface area (Å²) >= 11 is 0. The SMILES string of the molecule is CCn1nc(C)c(CN2CCC(N(CCCN3CCCC3)C(=O)C(C)C)C2)c1C. The number of hydrogen-bond acceptors (Lipinski definition) is 4. The van der Waals surface area contributed by atoms with Crippen LogP contribution in [0.2, 0.25) is 0 Å². The lowest BCUT2D eigenvalue weighted by molar-refractivity contribution is -0.136. The smallest absolute Gasteiger partial charge is 0.225 e. The number of carbonyl (C=O) groups is 1. The molecule has 6 heteroatoms. The highest BCUT2D eigenvalue weighted by atomic mass is 16.2. The Labute approximate surface area is 177 Å². The largest absolute Gasteiger partial charge is 0.338 e. The van der Waals surface area contributed by atoms with Crippen LogP contribution in [0.15, 0.2) is 0 Å². The molecule has 0 saturated carbocycles. The van der Waals surface area contributed by atoms with Crippen LogP contribution >= 0.6 is 0 Å². The molecule has 164 valence electrons. The molecule has 6 nitrogen and oxygen atoms in total. The standard InChI is InChI=1S/C23H41N5O/c1-6-28-20(5)22(19(4)24-28)17-26-15-10-21(16-26)27(23(29)18(2)3)14-9-13-25-11-7-8-12-25/h18,21H,6-17H2,1-5H3. The summed E-state index contributed by atoms with van der Waals surface area (Å²) in [5.74, 6) is 0.396. The average molecular weight is 404 g/mol. The molecule has 0 bridgehead atoms. The molecule has 3 heterocycles. The van der Waals surface area contributed by atoms with E-state index in [9.17, 15) is 4.79 Å². The van der Waals surface area contributed by atoms with Crippen molar-refractivity contribution in [1.29, 1.82) is 0 Å². The van der Waals surface area contributed by atoms with Gasteiger partial charge in [-0.15, -0.1) is 0 Å². The van der Waals surface area contributed by atoms with Crippen molar-refractivity contribution >= 4 is 5.91 Å². The third-order valence-electron chi connectivity index (χ3n) is 6.75. The van der Waals surface area contributed by atoms with Gasteiger partial charge in [0.25, 0.3) is 0 Å². The number of aromatic nitrogens is 2. The molecule has 0 aromatic carbocycles. The number of hydrogen-bond donors (Lipinski definition) is 0. The van der Waals surface area contributed by atoms with Crippen LogP contribution in [0.5, 0.6) is 0 Å². The zero-order chi connectivity index (χ0) is 21.0. The summed E-state index contributed by atoms with van der Waals surface area (Å²) in [5, 5.41) is 4.68. The molecule has 0 spiro atoms. The van der Waals surface area contributed by atoms with Gasteiger partial charge in [-0.2, -0.15) is 5.10 Å². The first kappa shape index (κ1) is 22.3. The molecule has 0 aliphatic carbocycles. The Kier molecular flexibility index (Phi) is 7.74. The van der Waals surface area contributed by atoms with Gasteiger partial charge < -0.3 is 9.80 Å². The van der Waals surface area contributed by atoms with Gasteiger partial charge in [0.15, 0.2) is 0 Å². The predicted octanol–water partition coefficient (Wildman–Crippen LogP) is 3.06. The summed E-state index contributed by atoms with van der Waals surface area (Å²) in [4.78, 5) is 20.2. The van der Waals surface area contributed by atoms with Gasteiger partial charge in [0.2, 0.25) is 5.91 Å². The van der Waals surface area contributed by atoms with Crippen molar-refractivity contribution in [1.82, 2.24) is 24.5 Å². The van der Waals surface area contributed by atoms with E-state index in [1.54, 1.807) is 0 Å². The van der Waals surface area contributed by atoms with Crippen LogP contribution in [0.25, 0.3) is 0 Å². The Morgan fingerprint density at radius 2 is 1.90 bits per heavy atom. The first-order chi connectivity index (χ1) is 13.9. The second-order valence-corrected chi connectivity index (χ2v) is 9.23. The number of rotatable bonds is 9. The Morgan fingerprint density at radius 1 is 1.17 bits per heavy atom. The predicted molar refractivity (Wildman–Crippen MR) is 118 cm³/mol. The maximum Gasteiger partial charge on any atom is 0.225 e. The zero-order valence-electron chi connectivity index (χ0n) is 19.3. The summed E-state index contributed by atoms with van der Waals surface area (Å²) in [6.45, 7) is 18.9. The topological polar surface area (TPSA) is 44.6 Å². The van der Waals surface area contributed by atoms with Crippen LogP contribution in [0.3, 0.4) is 0 Å². The fraction of sp³-hybridized carbons (Fsp3) is 0.826. The molecule has 1 amide bonds. The molecule has 2 fully saturated rings. The second-order valence-electron chi connectivity index (χ2n) is 9.23. The Morgan fingerprint density at radius 3 is 2.52 bits per heavy atom.